The van der Waals surface area contributed by atoms with Gasteiger partial charge in [-0.15, -0.1) is 0 Å². The van der Waals surface area contributed by atoms with Crippen LogP contribution in [0.2, 0.25) is 0 Å². The zero-order valence-electron chi connectivity index (χ0n) is 19.4. The first-order valence-electron chi connectivity index (χ1n) is 10.8. The highest BCUT2D eigenvalue weighted by Gasteiger charge is 2.47. The smallest absolute Gasteiger partial charge is 0.407 e. The van der Waals surface area contributed by atoms with Gasteiger partial charge in [-0.05, 0) is 56.8 Å². The minimum absolute atomic E-state index is 0.0143. The Kier molecular flexibility index (Phi) is 6.53. The molecule has 0 fully saturated rings. The maximum absolute atomic E-state index is 12.7. The van der Waals surface area contributed by atoms with E-state index in [1.54, 1.807) is 6.92 Å². The number of hydrogen-bond acceptors (Lipinski definition) is 3. The highest BCUT2D eigenvalue weighted by molar-refractivity contribution is 5.89. The fraction of sp³-hybridized carbons (Fsp3) is 0.440. The SMILES string of the molecule is CCN(C(=O)O)C1C[C@H](C)[N@+](C)(C(C)=O)c2ccc(-c3ccc(CN(C)C)cc3)cc21. The molecule has 0 aliphatic carbocycles. The first-order valence-corrected chi connectivity index (χ1v) is 10.8. The molecule has 1 aliphatic rings. The van der Waals surface area contributed by atoms with Crippen LogP contribution in [0.5, 0.6) is 0 Å². The van der Waals surface area contributed by atoms with Crippen molar-refractivity contribution in [3.05, 3.63) is 53.6 Å². The average Bonchev–Trinajstić information content (AvgIpc) is 2.71. The van der Waals surface area contributed by atoms with Gasteiger partial charge in [0.15, 0.2) is 0 Å². The van der Waals surface area contributed by atoms with Crippen molar-refractivity contribution in [2.24, 2.45) is 0 Å². The van der Waals surface area contributed by atoms with Gasteiger partial charge in [0, 0.05) is 31.1 Å². The molecule has 0 spiro atoms. The molecule has 0 radical (unpaired) electrons. The number of carbonyl (C=O) groups excluding carboxylic acids is 1. The second-order valence-electron chi connectivity index (χ2n) is 8.97. The van der Waals surface area contributed by atoms with Gasteiger partial charge in [-0.3, -0.25) is 0 Å². The van der Waals surface area contributed by atoms with Gasteiger partial charge in [-0.25, -0.2) is 14.1 Å². The van der Waals surface area contributed by atoms with Crippen LogP contribution in [0.1, 0.15) is 44.4 Å². The highest BCUT2D eigenvalue weighted by atomic mass is 16.4. The number of benzene rings is 2. The van der Waals surface area contributed by atoms with Crippen molar-refractivity contribution in [2.75, 3.05) is 27.7 Å². The molecule has 2 aromatic rings. The summed E-state index contributed by atoms with van der Waals surface area (Å²) in [6, 6.07) is 14.3. The van der Waals surface area contributed by atoms with E-state index in [1.165, 1.54) is 10.5 Å². The summed E-state index contributed by atoms with van der Waals surface area (Å²) in [6.45, 7) is 6.79. The van der Waals surface area contributed by atoms with Crippen molar-refractivity contribution in [1.82, 2.24) is 14.3 Å². The summed E-state index contributed by atoms with van der Waals surface area (Å²) in [4.78, 5) is 28.3. The molecule has 3 atom stereocenters. The summed E-state index contributed by atoms with van der Waals surface area (Å²) >= 11 is 0. The molecular weight excluding hydrogens is 390 g/mol. The Balaban J connectivity index is 2.12. The van der Waals surface area contributed by atoms with Gasteiger partial charge in [-0.1, -0.05) is 24.3 Å². The fourth-order valence-electron chi connectivity index (χ4n) is 4.75. The molecule has 6 heteroatoms. The van der Waals surface area contributed by atoms with Crippen LogP contribution in [0.15, 0.2) is 42.5 Å². The number of carbonyl (C=O) groups is 2. The van der Waals surface area contributed by atoms with E-state index < -0.39 is 6.09 Å². The number of hydrogen-bond donors (Lipinski definition) is 1. The number of amides is 2. The van der Waals surface area contributed by atoms with Crippen LogP contribution >= 0.6 is 0 Å². The van der Waals surface area contributed by atoms with Gasteiger partial charge in [0.2, 0.25) is 0 Å². The van der Waals surface area contributed by atoms with E-state index in [0.717, 1.165) is 28.9 Å². The molecule has 1 unspecified atom stereocenters. The predicted octanol–water partition coefficient (Wildman–Crippen LogP) is 4.73. The van der Waals surface area contributed by atoms with Crippen LogP contribution in [0.25, 0.3) is 11.1 Å². The third-order valence-electron chi connectivity index (χ3n) is 6.74. The van der Waals surface area contributed by atoms with E-state index in [0.29, 0.717) is 13.0 Å². The Morgan fingerprint density at radius 3 is 2.23 bits per heavy atom. The first kappa shape index (κ1) is 23.0. The number of carboxylic acid groups (broad SMARTS) is 1. The van der Waals surface area contributed by atoms with Gasteiger partial charge in [0.1, 0.15) is 5.69 Å². The van der Waals surface area contributed by atoms with Crippen molar-refractivity contribution in [3.63, 3.8) is 0 Å². The van der Waals surface area contributed by atoms with Crippen LogP contribution < -0.4 is 4.48 Å². The Hall–Kier alpha value is -2.70. The molecule has 1 N–H and O–H groups in total. The summed E-state index contributed by atoms with van der Waals surface area (Å²) < 4.78 is 0.186. The van der Waals surface area contributed by atoms with Crippen LogP contribution in [0, 0.1) is 0 Å². The number of nitrogens with zero attached hydrogens (tertiary/aromatic N) is 3. The zero-order chi connectivity index (χ0) is 22.9. The van der Waals surface area contributed by atoms with Gasteiger partial charge < -0.3 is 14.9 Å². The van der Waals surface area contributed by atoms with E-state index in [-0.39, 0.29) is 22.5 Å². The number of fused-ring (bicyclic) bond motifs is 1. The monoisotopic (exact) mass is 424 g/mol. The largest absolute Gasteiger partial charge is 0.465 e. The molecular formula is C25H34N3O3+. The van der Waals surface area contributed by atoms with E-state index in [4.69, 9.17) is 0 Å². The average molecular weight is 425 g/mol. The van der Waals surface area contributed by atoms with Gasteiger partial charge in [0.25, 0.3) is 0 Å². The summed E-state index contributed by atoms with van der Waals surface area (Å²) in [7, 11) is 6.03. The highest BCUT2D eigenvalue weighted by Crippen LogP contribution is 2.45. The second-order valence-corrected chi connectivity index (χ2v) is 8.97. The first-order chi connectivity index (χ1) is 14.6. The van der Waals surface area contributed by atoms with Crippen molar-refractivity contribution in [3.8, 4) is 11.1 Å². The van der Waals surface area contributed by atoms with E-state index in [1.807, 2.05) is 47.1 Å². The van der Waals surface area contributed by atoms with E-state index in [9.17, 15) is 14.7 Å². The third kappa shape index (κ3) is 4.23. The van der Waals surface area contributed by atoms with Crippen LogP contribution in [0.3, 0.4) is 0 Å². The van der Waals surface area contributed by atoms with Gasteiger partial charge in [-0.2, -0.15) is 0 Å². The van der Waals surface area contributed by atoms with Crippen molar-refractivity contribution < 1.29 is 14.7 Å². The van der Waals surface area contributed by atoms with Crippen LogP contribution in [-0.2, 0) is 11.3 Å². The molecule has 0 saturated carbocycles. The van der Waals surface area contributed by atoms with Crippen molar-refractivity contribution in [1.29, 1.82) is 0 Å². The fourth-order valence-corrected chi connectivity index (χ4v) is 4.75. The van der Waals surface area contributed by atoms with E-state index in [2.05, 4.69) is 35.2 Å². The van der Waals surface area contributed by atoms with Crippen molar-refractivity contribution >= 4 is 17.7 Å². The third-order valence-corrected chi connectivity index (χ3v) is 6.74. The Morgan fingerprint density at radius 2 is 1.71 bits per heavy atom. The molecule has 6 nitrogen and oxygen atoms in total. The molecule has 0 saturated heterocycles. The summed E-state index contributed by atoms with van der Waals surface area (Å²) in [5, 5.41) is 9.82. The lowest BCUT2D eigenvalue weighted by atomic mass is 9.86. The van der Waals surface area contributed by atoms with Crippen LogP contribution in [0.4, 0.5) is 10.5 Å². The minimum atomic E-state index is -0.928. The Labute approximate surface area is 185 Å². The quantitative estimate of drug-likeness (QED) is 0.705. The van der Waals surface area contributed by atoms with Gasteiger partial charge >= 0.3 is 12.0 Å². The zero-order valence-corrected chi connectivity index (χ0v) is 19.4. The Bertz CT molecular complexity index is 970. The molecule has 1 heterocycles. The molecule has 3 rings (SSSR count). The number of rotatable bonds is 5. The second kappa shape index (κ2) is 8.81. The van der Waals surface area contributed by atoms with Crippen LogP contribution in [-0.4, -0.2) is 60.6 Å². The maximum atomic E-state index is 12.7. The molecule has 2 amide bonds. The lowest BCUT2D eigenvalue weighted by Gasteiger charge is -2.45. The Morgan fingerprint density at radius 1 is 1.10 bits per heavy atom. The standard InChI is InChI=1S/C25H33N3O3/c1-7-27(25(30)31)23-14-17(2)28(6,18(3)29)24-13-12-21(15-22(23)24)20-10-8-19(9-11-20)16-26(4)5/h8-13,15,17,23H,7,14,16H2,1-6H3/p+1/t17-,23?,28+/m0/s1. The van der Waals surface area contributed by atoms with Gasteiger partial charge in [0.05, 0.1) is 26.1 Å². The molecule has 0 aromatic heterocycles. The summed E-state index contributed by atoms with van der Waals surface area (Å²) in [5.74, 6) is 0.0614. The summed E-state index contributed by atoms with van der Waals surface area (Å²) in [6.07, 6.45) is -0.322. The topological polar surface area (TPSA) is 60.9 Å². The lowest BCUT2D eigenvalue weighted by Crippen LogP contribution is -2.60. The molecule has 0 bridgehead atoms. The minimum Gasteiger partial charge on any atom is -0.465 e. The predicted molar refractivity (Wildman–Crippen MR) is 125 cm³/mol. The maximum Gasteiger partial charge on any atom is 0.407 e. The summed E-state index contributed by atoms with van der Waals surface area (Å²) in [5.41, 5.74) is 5.17. The lowest BCUT2D eigenvalue weighted by molar-refractivity contribution is -0.129. The normalized spacial score (nSPS) is 22.8. The van der Waals surface area contributed by atoms with Crippen molar-refractivity contribution in [2.45, 2.75) is 45.8 Å². The molecule has 2 aromatic carbocycles. The molecule has 1 aliphatic heterocycles. The van der Waals surface area contributed by atoms with E-state index >= 15 is 0 Å². The molecule has 31 heavy (non-hydrogen) atoms. The number of quaternary nitrogens is 1. The molecule has 166 valence electrons.